The van der Waals surface area contributed by atoms with Crippen LogP contribution in [-0.2, 0) is 9.36 Å². The molecule has 0 aromatic rings. The van der Waals surface area contributed by atoms with Crippen LogP contribution in [0.5, 0.6) is 0 Å². The van der Waals surface area contributed by atoms with Gasteiger partial charge in [-0.3, -0.25) is 0 Å². The molecule has 32 valence electrons. The molecule has 0 saturated carbocycles. The Hall–Kier alpha value is -0.865. The van der Waals surface area contributed by atoms with Gasteiger partial charge in [-0.05, 0) is 0 Å². The van der Waals surface area contributed by atoms with Crippen LogP contribution in [0.2, 0.25) is 0 Å². The fourth-order valence-electron chi connectivity index (χ4n) is 0.0412. The van der Waals surface area contributed by atoms with E-state index in [0.717, 1.165) is 0 Å². The normalized spacial score (nSPS) is 6.00. The molecule has 0 saturated heterocycles. The molecule has 0 spiro atoms. The summed E-state index contributed by atoms with van der Waals surface area (Å²) in [5, 5.41) is 7.46. The first-order valence-corrected chi connectivity index (χ1v) is 1.10. The molecule has 0 rings (SSSR count). The Balaban J connectivity index is 3.05. The van der Waals surface area contributed by atoms with Crippen LogP contribution in [-0.4, -0.2) is 18.6 Å². The topological polar surface area (TPSA) is 63.6 Å². The molecule has 0 aromatic carbocycles. The molecule has 0 radical (unpaired) electrons. The Morgan fingerprint density at radius 1 is 1.83 bits per heavy atom. The third kappa shape index (κ3) is 3.13. The minimum atomic E-state index is -1.58. The van der Waals surface area contributed by atoms with E-state index in [0.29, 0.717) is 0 Å². The average Bonchev–Trinajstić information content (AvgIpc) is 1.35. The van der Waals surface area contributed by atoms with Crippen LogP contribution in [0.3, 0.4) is 0 Å². The second-order valence-corrected chi connectivity index (χ2v) is 0.480. The van der Waals surface area contributed by atoms with E-state index in [1.54, 1.807) is 0 Å². The summed E-state index contributed by atoms with van der Waals surface area (Å²) < 4.78 is 12.3. The molecule has 0 bridgehead atoms. The van der Waals surface area contributed by atoms with E-state index < -0.39 is 6.16 Å². The molecule has 6 heavy (non-hydrogen) atoms. The van der Waals surface area contributed by atoms with Gasteiger partial charge in [0.2, 0.25) is 0 Å². The molecule has 4 nitrogen and oxygen atoms in total. The molecule has 0 unspecified atom stereocenters. The van der Waals surface area contributed by atoms with Gasteiger partial charge in [-0.1, -0.05) is 0 Å². The van der Waals surface area contributed by atoms with Gasteiger partial charge in [0.1, 0.15) is 0 Å². The summed E-state index contributed by atoms with van der Waals surface area (Å²) in [5.41, 5.74) is 0. The van der Waals surface area contributed by atoms with E-state index in [1.807, 2.05) is 0 Å². The van der Waals surface area contributed by atoms with Crippen LogP contribution < -0.4 is 0 Å². The first-order chi connectivity index (χ1) is 2.77. The first-order valence-electron chi connectivity index (χ1n) is 1.10. The van der Waals surface area contributed by atoms with Crippen LogP contribution >= 0.6 is 0 Å². The monoisotopic (exact) mass is 88.0 g/mol. The number of carbonyl (C=O) groups is 1. The summed E-state index contributed by atoms with van der Waals surface area (Å²) in [6, 6.07) is 0. The summed E-state index contributed by atoms with van der Waals surface area (Å²) >= 11 is 0. The minimum absolute atomic E-state index is 0.150. The zero-order chi connectivity index (χ0) is 4.99. The van der Waals surface area contributed by atoms with Crippen molar-refractivity contribution in [2.24, 2.45) is 0 Å². The van der Waals surface area contributed by atoms with Crippen LogP contribution in [0, 0.1) is 0 Å². The zero-order valence-electron chi connectivity index (χ0n) is 2.75. The van der Waals surface area contributed by atoms with Gasteiger partial charge in [-0.25, -0.2) is 0 Å². The van der Waals surface area contributed by atoms with Gasteiger partial charge in [0.25, 0.3) is 0 Å². The van der Waals surface area contributed by atoms with Crippen LogP contribution in [0.4, 0.5) is 4.79 Å². The number of rotatable bonds is 1. The van der Waals surface area contributed by atoms with E-state index >= 15 is 0 Å². The molecule has 0 aliphatic rings. The zero-order valence-corrected chi connectivity index (χ0v) is 2.75. The van der Waals surface area contributed by atoms with E-state index in [2.05, 4.69) is 4.65 Å². The molecular weight excluding hydrogens is 86.8 g/mol. The van der Waals surface area contributed by atoms with Crippen molar-refractivity contribution in [2.75, 3.05) is 0 Å². The standard InChI is InChI=1S/CHBO4/c3-1(4)6-2-5/h(H,3,4). The molecule has 0 amide bonds. The first kappa shape index (κ1) is 5.13. The number of hydrogen-bond donors (Lipinski definition) is 1. The summed E-state index contributed by atoms with van der Waals surface area (Å²) in [6.07, 6.45) is -1.58. The predicted octanol–water partition coefficient (Wildman–Crippen LogP) is -0.354. The third-order valence-electron chi connectivity index (χ3n) is 0.149. The van der Waals surface area contributed by atoms with E-state index in [4.69, 9.17) is 14.6 Å². The summed E-state index contributed by atoms with van der Waals surface area (Å²) in [6.45, 7) is 0. The van der Waals surface area contributed by atoms with Crippen LogP contribution in [0.25, 0.3) is 0 Å². The number of hydrogen-bond acceptors (Lipinski definition) is 3. The van der Waals surface area contributed by atoms with Gasteiger partial charge >= 0.3 is 32.8 Å². The Kier molecular flexibility index (Phi) is 2.03. The van der Waals surface area contributed by atoms with E-state index in [1.165, 1.54) is 0 Å². The molecule has 5 heteroatoms. The van der Waals surface area contributed by atoms with E-state index in [-0.39, 0.29) is 7.35 Å². The third-order valence-corrected chi connectivity index (χ3v) is 0.149. The van der Waals surface area contributed by atoms with E-state index in [9.17, 15) is 0 Å². The van der Waals surface area contributed by atoms with Crippen molar-refractivity contribution in [3.8, 4) is 0 Å². The fourth-order valence-corrected chi connectivity index (χ4v) is 0.0412. The Morgan fingerprint density at radius 2 is 2.33 bits per heavy atom. The maximum atomic E-state index is 9.15. The van der Waals surface area contributed by atoms with Gasteiger partial charge in [0.15, 0.2) is 0 Å². The Bertz CT molecular complexity index is 67.9. The van der Waals surface area contributed by atoms with Gasteiger partial charge in [0.05, 0.1) is 0 Å². The van der Waals surface area contributed by atoms with Crippen molar-refractivity contribution in [3.05, 3.63) is 0 Å². The van der Waals surface area contributed by atoms with Crippen molar-refractivity contribution in [1.29, 1.82) is 0 Å². The second-order valence-electron chi connectivity index (χ2n) is 0.480. The van der Waals surface area contributed by atoms with Gasteiger partial charge < -0.3 is 0 Å². The molecule has 0 aliphatic carbocycles. The number of carboxylic acid groups (broad SMARTS) is 1. The van der Waals surface area contributed by atoms with Crippen molar-refractivity contribution in [2.45, 2.75) is 0 Å². The van der Waals surface area contributed by atoms with Gasteiger partial charge in [0, 0.05) is 0 Å². The fraction of sp³-hybridized carbons (Fsp3) is 0. The quantitative estimate of drug-likeness (QED) is 0.444. The van der Waals surface area contributed by atoms with Crippen molar-refractivity contribution < 1.29 is 19.3 Å². The summed E-state index contributed by atoms with van der Waals surface area (Å²) in [7, 11) is -0.150. The van der Waals surface area contributed by atoms with Crippen molar-refractivity contribution in [1.82, 2.24) is 0 Å². The van der Waals surface area contributed by atoms with Gasteiger partial charge in [-0.15, -0.1) is 0 Å². The maximum absolute atomic E-state index is 9.15. The molecule has 1 N–H and O–H groups in total. The summed E-state index contributed by atoms with van der Waals surface area (Å²) in [4.78, 5) is 9.15. The molecule has 0 fully saturated rings. The molecular formula is CHBO4. The Morgan fingerprint density at radius 3 is 2.33 bits per heavy atom. The second kappa shape index (κ2) is 2.38. The van der Waals surface area contributed by atoms with Crippen LogP contribution in [0.15, 0.2) is 0 Å². The summed E-state index contributed by atoms with van der Waals surface area (Å²) in [5.74, 6) is 0. The molecule has 0 atom stereocenters. The van der Waals surface area contributed by atoms with Crippen LogP contribution in [0.1, 0.15) is 0 Å². The average molecular weight is 87.8 g/mol. The van der Waals surface area contributed by atoms with Crippen molar-refractivity contribution >= 4 is 13.5 Å². The Labute approximate surface area is 34.0 Å². The molecule has 0 aromatic heterocycles. The molecule has 0 heterocycles. The predicted molar refractivity (Wildman–Crippen MR) is 15.6 cm³/mol. The van der Waals surface area contributed by atoms with Crippen molar-refractivity contribution in [3.63, 3.8) is 0 Å². The molecule has 0 aliphatic heterocycles. The SMILES string of the molecule is O=BOC(=O)O. The van der Waals surface area contributed by atoms with Gasteiger partial charge in [-0.2, -0.15) is 0 Å².